The maximum atomic E-state index is 13.5. The van der Waals surface area contributed by atoms with Gasteiger partial charge in [-0.3, -0.25) is 10.3 Å². The second-order valence-corrected chi connectivity index (χ2v) is 6.42. The predicted molar refractivity (Wildman–Crippen MR) is 113 cm³/mol. The van der Waals surface area contributed by atoms with Gasteiger partial charge in [-0.1, -0.05) is 12.1 Å². The van der Waals surface area contributed by atoms with E-state index in [0.717, 1.165) is 28.5 Å². The Balaban J connectivity index is 1.48. The second kappa shape index (κ2) is 9.59. The molecule has 3 rings (SSSR count). The Morgan fingerprint density at radius 1 is 1.17 bits per heavy atom. The van der Waals surface area contributed by atoms with Gasteiger partial charge in [0, 0.05) is 42.9 Å². The quantitative estimate of drug-likeness (QED) is 0.379. The van der Waals surface area contributed by atoms with Crippen molar-refractivity contribution in [3.63, 3.8) is 0 Å². The lowest BCUT2D eigenvalue weighted by Gasteiger charge is -2.12. The van der Waals surface area contributed by atoms with Crippen molar-refractivity contribution >= 4 is 28.6 Å². The van der Waals surface area contributed by atoms with Crippen LogP contribution in [0.1, 0.15) is 11.1 Å². The minimum absolute atomic E-state index is 0.239. The molecule has 2 aromatic carbocycles. The number of anilines is 1. The topological polar surface area (TPSA) is 90.5 Å². The van der Waals surface area contributed by atoms with Crippen molar-refractivity contribution in [3.8, 4) is 0 Å². The molecule has 3 aromatic rings. The number of benzene rings is 2. The smallest absolute Gasteiger partial charge is 0.411 e. The molecule has 0 atom stereocenters. The number of nitrogens with one attached hydrogen (secondary N) is 4. The van der Waals surface area contributed by atoms with Crippen LogP contribution in [0, 0.1) is 5.82 Å². The lowest BCUT2D eigenvalue weighted by Crippen LogP contribution is -2.37. The van der Waals surface area contributed by atoms with Crippen molar-refractivity contribution in [1.29, 1.82) is 0 Å². The van der Waals surface area contributed by atoms with Crippen LogP contribution in [-0.4, -0.2) is 37.7 Å². The van der Waals surface area contributed by atoms with Gasteiger partial charge in [-0.05, 0) is 47.9 Å². The molecule has 0 saturated carbocycles. The summed E-state index contributed by atoms with van der Waals surface area (Å²) in [5, 5.41) is 10.0. The Labute approximate surface area is 168 Å². The highest BCUT2D eigenvalue weighted by molar-refractivity contribution is 5.85. The molecule has 8 heteroatoms. The van der Waals surface area contributed by atoms with E-state index in [-0.39, 0.29) is 5.82 Å². The molecule has 7 nitrogen and oxygen atoms in total. The summed E-state index contributed by atoms with van der Waals surface area (Å²) in [4.78, 5) is 18.6. The largest absolute Gasteiger partial charge is 0.453 e. The number of H-pyrrole nitrogens is 1. The zero-order valence-electron chi connectivity index (χ0n) is 16.4. The van der Waals surface area contributed by atoms with Crippen LogP contribution in [0.2, 0.25) is 0 Å². The number of hydrogen-bond acceptors (Lipinski definition) is 3. The minimum Gasteiger partial charge on any atom is -0.453 e. The number of carbonyl (C=O) groups is 1. The molecule has 152 valence electrons. The normalized spacial score (nSPS) is 11.3. The number of rotatable bonds is 6. The van der Waals surface area contributed by atoms with E-state index in [1.165, 1.54) is 13.2 Å². The summed E-state index contributed by atoms with van der Waals surface area (Å²) in [5.41, 5.74) is 3.68. The average Bonchev–Trinajstić information content (AvgIpc) is 3.13. The Morgan fingerprint density at radius 3 is 2.69 bits per heavy atom. The average molecular weight is 397 g/mol. The summed E-state index contributed by atoms with van der Waals surface area (Å²) in [6.07, 6.45) is 2.14. The molecule has 0 bridgehead atoms. The standard InChI is InChI=1S/C21H24FN5O2/c1-23-20(26-12-14-3-6-17(7-4-14)27-21(28)29-2)24-10-9-15-13-25-19-8-5-16(22)11-18(15)19/h3-8,11,13,25H,9-10,12H2,1-2H3,(H,27,28)(H2,23,24,26). The van der Waals surface area contributed by atoms with Gasteiger partial charge in [0.1, 0.15) is 5.82 Å². The van der Waals surface area contributed by atoms with Gasteiger partial charge in [-0.25, -0.2) is 9.18 Å². The third-order valence-corrected chi connectivity index (χ3v) is 4.49. The summed E-state index contributed by atoms with van der Waals surface area (Å²) in [6, 6.07) is 12.2. The first-order valence-electron chi connectivity index (χ1n) is 9.23. The number of halogens is 1. The fourth-order valence-corrected chi connectivity index (χ4v) is 2.95. The summed E-state index contributed by atoms with van der Waals surface area (Å²) in [5.74, 6) is 0.435. The Kier molecular flexibility index (Phi) is 6.67. The molecule has 0 aliphatic heterocycles. The van der Waals surface area contributed by atoms with Gasteiger partial charge in [0.15, 0.2) is 5.96 Å². The number of nitrogens with zero attached hydrogens (tertiary/aromatic N) is 1. The first kappa shape index (κ1) is 20.2. The van der Waals surface area contributed by atoms with E-state index in [4.69, 9.17) is 0 Å². The number of methoxy groups -OCH3 is 1. The van der Waals surface area contributed by atoms with E-state index in [1.54, 1.807) is 31.3 Å². The maximum Gasteiger partial charge on any atom is 0.411 e. The van der Waals surface area contributed by atoms with Gasteiger partial charge < -0.3 is 20.4 Å². The molecular weight excluding hydrogens is 373 g/mol. The number of aliphatic imine (C=N–C) groups is 1. The van der Waals surface area contributed by atoms with E-state index < -0.39 is 6.09 Å². The minimum atomic E-state index is -0.501. The van der Waals surface area contributed by atoms with Gasteiger partial charge >= 0.3 is 6.09 Å². The third-order valence-electron chi connectivity index (χ3n) is 4.49. The summed E-state index contributed by atoms with van der Waals surface area (Å²) in [6.45, 7) is 1.24. The number of carbonyl (C=O) groups excluding carboxylic acids is 1. The van der Waals surface area contributed by atoms with E-state index in [2.05, 4.69) is 30.7 Å². The number of aromatic amines is 1. The van der Waals surface area contributed by atoms with Crippen LogP contribution in [0.5, 0.6) is 0 Å². The molecule has 0 aliphatic carbocycles. The van der Waals surface area contributed by atoms with Crippen LogP contribution in [0.4, 0.5) is 14.9 Å². The number of fused-ring (bicyclic) bond motifs is 1. The molecule has 1 amide bonds. The number of ether oxygens (including phenoxy) is 1. The second-order valence-electron chi connectivity index (χ2n) is 6.42. The van der Waals surface area contributed by atoms with Crippen molar-refractivity contribution in [2.24, 2.45) is 4.99 Å². The molecule has 1 heterocycles. The fourth-order valence-electron chi connectivity index (χ4n) is 2.95. The van der Waals surface area contributed by atoms with Crippen molar-refractivity contribution in [3.05, 3.63) is 65.6 Å². The van der Waals surface area contributed by atoms with E-state index in [9.17, 15) is 9.18 Å². The number of aromatic nitrogens is 1. The highest BCUT2D eigenvalue weighted by Gasteiger charge is 2.06. The molecule has 4 N–H and O–H groups in total. The van der Waals surface area contributed by atoms with Crippen LogP contribution in [0.15, 0.2) is 53.7 Å². The summed E-state index contributed by atoms with van der Waals surface area (Å²) in [7, 11) is 3.03. The first-order chi connectivity index (χ1) is 14.1. The van der Waals surface area contributed by atoms with Gasteiger partial charge in [-0.2, -0.15) is 0 Å². The Bertz CT molecular complexity index is 998. The van der Waals surface area contributed by atoms with Crippen LogP contribution in [0.25, 0.3) is 10.9 Å². The molecule has 0 radical (unpaired) electrons. The molecule has 29 heavy (non-hydrogen) atoms. The molecular formula is C21H24FN5O2. The van der Waals surface area contributed by atoms with Gasteiger partial charge in [-0.15, -0.1) is 0 Å². The lowest BCUT2D eigenvalue weighted by molar-refractivity contribution is 0.187. The van der Waals surface area contributed by atoms with Gasteiger partial charge in [0.05, 0.1) is 7.11 Å². The van der Waals surface area contributed by atoms with Crippen LogP contribution in [0.3, 0.4) is 0 Å². The molecule has 0 unspecified atom stereocenters. The number of hydrogen-bond donors (Lipinski definition) is 4. The lowest BCUT2D eigenvalue weighted by atomic mass is 10.1. The van der Waals surface area contributed by atoms with E-state index in [1.807, 2.05) is 18.3 Å². The van der Waals surface area contributed by atoms with Crippen molar-refractivity contribution in [2.45, 2.75) is 13.0 Å². The third kappa shape index (κ3) is 5.47. The van der Waals surface area contributed by atoms with Crippen LogP contribution < -0.4 is 16.0 Å². The molecule has 0 fully saturated rings. The monoisotopic (exact) mass is 397 g/mol. The zero-order valence-corrected chi connectivity index (χ0v) is 16.4. The van der Waals surface area contributed by atoms with Gasteiger partial charge in [0.2, 0.25) is 0 Å². The maximum absolute atomic E-state index is 13.5. The SMILES string of the molecule is CN=C(NCCc1c[nH]c2ccc(F)cc12)NCc1ccc(NC(=O)OC)cc1. The summed E-state index contributed by atoms with van der Waals surface area (Å²) >= 11 is 0. The first-order valence-corrected chi connectivity index (χ1v) is 9.23. The predicted octanol–water partition coefficient (Wildman–Crippen LogP) is 3.39. The fraction of sp³-hybridized carbons (Fsp3) is 0.238. The Morgan fingerprint density at radius 2 is 1.97 bits per heavy atom. The number of amides is 1. The highest BCUT2D eigenvalue weighted by atomic mass is 19.1. The molecule has 0 saturated heterocycles. The van der Waals surface area contributed by atoms with E-state index >= 15 is 0 Å². The molecule has 1 aromatic heterocycles. The van der Waals surface area contributed by atoms with Crippen molar-refractivity contribution in [2.75, 3.05) is 26.0 Å². The molecule has 0 spiro atoms. The molecule has 0 aliphatic rings. The number of guanidine groups is 1. The van der Waals surface area contributed by atoms with Gasteiger partial charge in [0.25, 0.3) is 0 Å². The zero-order chi connectivity index (χ0) is 20.6. The highest BCUT2D eigenvalue weighted by Crippen LogP contribution is 2.19. The Hall–Kier alpha value is -3.55. The van der Waals surface area contributed by atoms with Crippen molar-refractivity contribution < 1.29 is 13.9 Å². The summed E-state index contributed by atoms with van der Waals surface area (Å²) < 4.78 is 18.0. The van der Waals surface area contributed by atoms with Crippen LogP contribution >= 0.6 is 0 Å². The van der Waals surface area contributed by atoms with Crippen LogP contribution in [-0.2, 0) is 17.7 Å². The van der Waals surface area contributed by atoms with Crippen molar-refractivity contribution in [1.82, 2.24) is 15.6 Å². The van der Waals surface area contributed by atoms with E-state index in [0.29, 0.717) is 24.7 Å².